The quantitative estimate of drug-likeness (QED) is 0.649. The molecule has 158 valence electrons. The number of phenolic OH excluding ortho intramolecular Hbond substituents is 1. The summed E-state index contributed by atoms with van der Waals surface area (Å²) in [6, 6.07) is 15.9. The van der Waals surface area contributed by atoms with Crippen molar-refractivity contribution in [1.82, 2.24) is 0 Å². The maximum absolute atomic E-state index is 13.3. The minimum absolute atomic E-state index is 0.0714. The molecule has 1 amide bonds. The first-order valence-electron chi connectivity index (χ1n) is 9.58. The fourth-order valence-corrected chi connectivity index (χ4v) is 5.25. The second-order valence-electron chi connectivity index (χ2n) is 7.16. The standard InChI is InChI=1S/C22H18N2O6S/c25-19-7-6-16(31(27,28)24-10-9-14-3-1-2-4-18(14)24)12-17(19)22(26)23-15-5-8-20-21(11-15)30-13-29-20/h1-8,11-12,25H,9-10,13H2,(H,23,26). The second kappa shape index (κ2) is 7.21. The van der Waals surface area contributed by atoms with Crippen molar-refractivity contribution < 1.29 is 27.8 Å². The Morgan fingerprint density at radius 3 is 2.68 bits per heavy atom. The molecule has 0 saturated carbocycles. The maximum Gasteiger partial charge on any atom is 0.264 e. The van der Waals surface area contributed by atoms with Gasteiger partial charge in [0.2, 0.25) is 6.79 Å². The average Bonchev–Trinajstić information content (AvgIpc) is 3.40. The van der Waals surface area contributed by atoms with E-state index in [-0.39, 0.29) is 23.0 Å². The predicted octanol–water partition coefficient (Wildman–Crippen LogP) is 3.12. The van der Waals surface area contributed by atoms with E-state index < -0.39 is 15.9 Å². The summed E-state index contributed by atoms with van der Waals surface area (Å²) < 4.78 is 38.4. The number of hydrogen-bond donors (Lipinski definition) is 2. The molecule has 8 nitrogen and oxygen atoms in total. The van der Waals surface area contributed by atoms with Crippen LogP contribution in [-0.2, 0) is 16.4 Å². The zero-order valence-electron chi connectivity index (χ0n) is 16.2. The van der Waals surface area contributed by atoms with Gasteiger partial charge in [-0.25, -0.2) is 8.42 Å². The lowest BCUT2D eigenvalue weighted by atomic mass is 10.2. The molecule has 31 heavy (non-hydrogen) atoms. The van der Waals surface area contributed by atoms with Crippen LogP contribution in [-0.4, -0.2) is 32.8 Å². The third kappa shape index (κ3) is 3.32. The van der Waals surface area contributed by atoms with E-state index in [4.69, 9.17) is 9.47 Å². The fourth-order valence-electron chi connectivity index (χ4n) is 3.72. The number of aromatic hydroxyl groups is 1. The first-order chi connectivity index (χ1) is 14.9. The Morgan fingerprint density at radius 2 is 1.81 bits per heavy atom. The molecule has 0 unspecified atom stereocenters. The number of fused-ring (bicyclic) bond motifs is 2. The first kappa shape index (κ1) is 19.3. The summed E-state index contributed by atoms with van der Waals surface area (Å²) in [6.45, 7) is 0.425. The summed E-state index contributed by atoms with van der Waals surface area (Å²) >= 11 is 0. The SMILES string of the molecule is O=C(Nc1ccc2c(c1)OCO2)c1cc(S(=O)(=O)N2CCc3ccccc32)ccc1O. The molecule has 2 N–H and O–H groups in total. The molecule has 0 bridgehead atoms. The number of amides is 1. The number of sulfonamides is 1. The topological polar surface area (TPSA) is 105 Å². The normalized spacial score (nSPS) is 14.4. The molecular weight excluding hydrogens is 420 g/mol. The summed E-state index contributed by atoms with van der Waals surface area (Å²) in [5, 5.41) is 12.9. The fraction of sp³-hybridized carbons (Fsp3) is 0.136. The number of rotatable bonds is 4. The molecule has 5 rings (SSSR count). The number of phenols is 1. The predicted molar refractivity (Wildman–Crippen MR) is 113 cm³/mol. The maximum atomic E-state index is 13.3. The molecule has 0 radical (unpaired) electrons. The van der Waals surface area contributed by atoms with Crippen molar-refractivity contribution in [3.63, 3.8) is 0 Å². The molecule has 0 aliphatic carbocycles. The third-order valence-corrected chi connectivity index (χ3v) is 7.08. The minimum Gasteiger partial charge on any atom is -0.507 e. The van der Waals surface area contributed by atoms with Gasteiger partial charge in [-0.05, 0) is 48.4 Å². The summed E-state index contributed by atoms with van der Waals surface area (Å²) in [4.78, 5) is 12.7. The van der Waals surface area contributed by atoms with Crippen LogP contribution >= 0.6 is 0 Å². The molecule has 3 aromatic rings. The van der Waals surface area contributed by atoms with Gasteiger partial charge in [0.05, 0.1) is 16.1 Å². The number of benzene rings is 3. The van der Waals surface area contributed by atoms with Crippen LogP contribution in [0.1, 0.15) is 15.9 Å². The average molecular weight is 438 g/mol. The third-order valence-electron chi connectivity index (χ3n) is 5.28. The Kier molecular flexibility index (Phi) is 4.48. The van der Waals surface area contributed by atoms with Gasteiger partial charge < -0.3 is 19.9 Å². The summed E-state index contributed by atoms with van der Waals surface area (Å²) in [5.74, 6) is 0.0973. The van der Waals surface area contributed by atoms with Crippen molar-refractivity contribution in [3.05, 3.63) is 71.8 Å². The van der Waals surface area contributed by atoms with Gasteiger partial charge in [0.25, 0.3) is 15.9 Å². The largest absolute Gasteiger partial charge is 0.507 e. The molecule has 2 aliphatic heterocycles. The number of nitrogens with one attached hydrogen (secondary N) is 1. The van der Waals surface area contributed by atoms with E-state index in [1.54, 1.807) is 30.3 Å². The Morgan fingerprint density at radius 1 is 1.00 bits per heavy atom. The highest BCUT2D eigenvalue weighted by molar-refractivity contribution is 7.92. The molecule has 0 spiro atoms. The highest BCUT2D eigenvalue weighted by Gasteiger charge is 2.31. The van der Waals surface area contributed by atoms with Crippen LogP contribution in [0.15, 0.2) is 65.6 Å². The van der Waals surface area contributed by atoms with Gasteiger partial charge in [-0.2, -0.15) is 0 Å². The molecule has 3 aromatic carbocycles. The van der Waals surface area contributed by atoms with Gasteiger partial charge in [-0.15, -0.1) is 0 Å². The van der Waals surface area contributed by atoms with Crippen LogP contribution in [0.4, 0.5) is 11.4 Å². The zero-order chi connectivity index (χ0) is 21.6. The van der Waals surface area contributed by atoms with Gasteiger partial charge in [0, 0.05) is 18.3 Å². The van der Waals surface area contributed by atoms with Crippen molar-refractivity contribution in [2.75, 3.05) is 23.0 Å². The number of para-hydroxylation sites is 1. The number of carbonyl (C=O) groups excluding carboxylic acids is 1. The van der Waals surface area contributed by atoms with Crippen molar-refractivity contribution in [3.8, 4) is 17.2 Å². The van der Waals surface area contributed by atoms with Crippen LogP contribution in [0.5, 0.6) is 17.2 Å². The summed E-state index contributed by atoms with van der Waals surface area (Å²) in [7, 11) is -3.90. The van der Waals surface area contributed by atoms with E-state index in [1.807, 2.05) is 12.1 Å². The van der Waals surface area contributed by atoms with Crippen molar-refractivity contribution >= 4 is 27.3 Å². The zero-order valence-corrected chi connectivity index (χ0v) is 17.1. The molecule has 2 heterocycles. The highest BCUT2D eigenvalue weighted by Crippen LogP contribution is 2.36. The van der Waals surface area contributed by atoms with Crippen LogP contribution in [0.3, 0.4) is 0 Å². The highest BCUT2D eigenvalue weighted by atomic mass is 32.2. The van der Waals surface area contributed by atoms with E-state index in [9.17, 15) is 18.3 Å². The molecule has 0 saturated heterocycles. The van der Waals surface area contributed by atoms with Gasteiger partial charge in [-0.3, -0.25) is 9.10 Å². The number of ether oxygens (including phenoxy) is 2. The van der Waals surface area contributed by atoms with Crippen LogP contribution in [0.25, 0.3) is 0 Å². The van der Waals surface area contributed by atoms with Gasteiger partial charge in [-0.1, -0.05) is 18.2 Å². The van der Waals surface area contributed by atoms with Gasteiger partial charge in [0.15, 0.2) is 11.5 Å². The minimum atomic E-state index is -3.90. The lowest BCUT2D eigenvalue weighted by molar-refractivity contribution is 0.102. The Balaban J connectivity index is 1.44. The number of hydrogen-bond acceptors (Lipinski definition) is 6. The van der Waals surface area contributed by atoms with E-state index in [2.05, 4.69) is 5.32 Å². The monoisotopic (exact) mass is 438 g/mol. The van der Waals surface area contributed by atoms with Gasteiger partial charge >= 0.3 is 0 Å². The van der Waals surface area contributed by atoms with Crippen LogP contribution in [0.2, 0.25) is 0 Å². The van der Waals surface area contributed by atoms with Crippen molar-refractivity contribution in [2.24, 2.45) is 0 Å². The van der Waals surface area contributed by atoms with Crippen molar-refractivity contribution in [2.45, 2.75) is 11.3 Å². The summed E-state index contributed by atoms with van der Waals surface area (Å²) in [5.41, 5.74) is 1.86. The Hall–Kier alpha value is -3.72. The van der Waals surface area contributed by atoms with Gasteiger partial charge in [0.1, 0.15) is 5.75 Å². The smallest absolute Gasteiger partial charge is 0.264 e. The van der Waals surface area contributed by atoms with E-state index in [0.29, 0.717) is 35.8 Å². The molecule has 9 heteroatoms. The number of anilines is 2. The second-order valence-corrected chi connectivity index (χ2v) is 9.02. The van der Waals surface area contributed by atoms with Crippen molar-refractivity contribution in [1.29, 1.82) is 0 Å². The molecule has 2 aliphatic rings. The molecule has 0 atom stereocenters. The molecular formula is C22H18N2O6S. The van der Waals surface area contributed by atoms with E-state index >= 15 is 0 Å². The van der Waals surface area contributed by atoms with E-state index in [1.165, 1.54) is 22.5 Å². The van der Waals surface area contributed by atoms with Crippen LogP contribution < -0.4 is 19.1 Å². The Bertz CT molecular complexity index is 1310. The lowest BCUT2D eigenvalue weighted by Crippen LogP contribution is -2.29. The molecule has 0 fully saturated rings. The first-order valence-corrected chi connectivity index (χ1v) is 11.0. The number of carbonyl (C=O) groups is 1. The summed E-state index contributed by atoms with van der Waals surface area (Å²) in [6.07, 6.45) is 0.616. The van der Waals surface area contributed by atoms with E-state index in [0.717, 1.165) is 5.56 Å². The lowest BCUT2D eigenvalue weighted by Gasteiger charge is -2.20. The molecule has 0 aromatic heterocycles. The Labute approximate surface area is 178 Å². The number of nitrogens with zero attached hydrogens (tertiary/aromatic N) is 1. The van der Waals surface area contributed by atoms with Crippen LogP contribution in [0, 0.1) is 0 Å².